The van der Waals surface area contributed by atoms with E-state index in [-0.39, 0.29) is 24.8 Å². The zero-order valence-corrected chi connectivity index (χ0v) is 28.9. The highest BCUT2D eigenvalue weighted by atomic mass is 32.2. The van der Waals surface area contributed by atoms with Crippen molar-refractivity contribution in [3.63, 3.8) is 0 Å². The van der Waals surface area contributed by atoms with Crippen molar-refractivity contribution in [2.45, 2.75) is 113 Å². The molecule has 0 bridgehead atoms. The molecular formula is C34H45N5O6S2. The molecule has 11 nitrogen and oxygen atoms in total. The number of hydrogen-bond acceptors (Lipinski definition) is 9. The quantitative estimate of drug-likeness (QED) is 0.365. The molecule has 3 heterocycles. The maximum Gasteiger partial charge on any atom is 0.259 e. The Morgan fingerprint density at radius 3 is 2.60 bits per heavy atom. The maximum absolute atomic E-state index is 14.4. The van der Waals surface area contributed by atoms with Crippen molar-refractivity contribution in [2.75, 3.05) is 11.9 Å². The number of nitrogens with zero attached hydrogens (tertiary/aromatic N) is 2. The van der Waals surface area contributed by atoms with Crippen LogP contribution in [0.4, 0.5) is 5.13 Å². The van der Waals surface area contributed by atoms with Crippen LogP contribution in [0, 0.1) is 5.92 Å². The van der Waals surface area contributed by atoms with Crippen molar-refractivity contribution < 1.29 is 27.5 Å². The second-order valence-corrected chi connectivity index (χ2v) is 17.2. The molecule has 2 aliphatic heterocycles. The number of nitrogens with one attached hydrogen (secondary N) is 3. The van der Waals surface area contributed by atoms with Crippen molar-refractivity contribution in [1.82, 2.24) is 19.9 Å². The van der Waals surface area contributed by atoms with Gasteiger partial charge in [-0.25, -0.2) is 13.4 Å². The lowest BCUT2D eigenvalue weighted by molar-refractivity contribution is -0.140. The summed E-state index contributed by atoms with van der Waals surface area (Å²) in [6, 6.07) is 8.42. The monoisotopic (exact) mass is 683 g/mol. The minimum Gasteiger partial charge on any atom is -0.371 e. The fraction of sp³-hybridized carbons (Fsp3) is 0.588. The number of benzene rings is 1. The van der Waals surface area contributed by atoms with Crippen molar-refractivity contribution >= 4 is 44.2 Å². The second kappa shape index (κ2) is 13.3. The van der Waals surface area contributed by atoms with Gasteiger partial charge in [-0.3, -0.25) is 19.1 Å². The highest BCUT2D eigenvalue weighted by molar-refractivity contribution is 7.91. The SMILES string of the molecule is CC(C)(C)O[C@@H]1C[C@H]2C(=O)N[C@]3(C(=O)NS(=O)(=O)C4CC4)C[C@@H]3/C=C\CCCCC[C@H](Nc3ncc(-c4ccccc4)s3)C(=O)N2C1. The van der Waals surface area contributed by atoms with Crippen LogP contribution in [-0.4, -0.2) is 77.1 Å². The number of allylic oxidation sites excluding steroid dienone is 1. The molecule has 3 N–H and O–H groups in total. The first-order valence-corrected chi connectivity index (χ1v) is 19.0. The number of thiazole rings is 1. The van der Waals surface area contributed by atoms with E-state index in [4.69, 9.17) is 4.74 Å². The molecule has 3 fully saturated rings. The van der Waals surface area contributed by atoms with Crippen molar-refractivity contribution in [3.8, 4) is 10.4 Å². The average Bonchev–Trinajstić information content (AvgIpc) is 3.90. The van der Waals surface area contributed by atoms with Crippen molar-refractivity contribution in [2.24, 2.45) is 5.92 Å². The lowest BCUT2D eigenvalue weighted by Gasteiger charge is -2.30. The first-order valence-electron chi connectivity index (χ1n) is 16.7. The summed E-state index contributed by atoms with van der Waals surface area (Å²) in [4.78, 5) is 49.2. The Labute approximate surface area is 281 Å². The third-order valence-corrected chi connectivity index (χ3v) is 12.0. The molecule has 2 saturated carbocycles. The number of hydrogen-bond donors (Lipinski definition) is 3. The molecule has 13 heteroatoms. The first-order chi connectivity index (χ1) is 22.3. The lowest BCUT2D eigenvalue weighted by atomic mass is 10.1. The van der Waals surface area contributed by atoms with Gasteiger partial charge >= 0.3 is 0 Å². The van der Waals surface area contributed by atoms with E-state index in [1.807, 2.05) is 63.3 Å². The topological polar surface area (TPSA) is 147 Å². The highest BCUT2D eigenvalue weighted by Crippen LogP contribution is 2.46. The van der Waals surface area contributed by atoms with Crippen LogP contribution in [0.1, 0.15) is 78.6 Å². The Morgan fingerprint density at radius 1 is 1.11 bits per heavy atom. The summed E-state index contributed by atoms with van der Waals surface area (Å²) in [5.74, 6) is -1.76. The number of ether oxygens (including phenoxy) is 1. The van der Waals surface area contributed by atoms with Crippen LogP contribution in [0.15, 0.2) is 48.7 Å². The Morgan fingerprint density at radius 2 is 1.87 bits per heavy atom. The van der Waals surface area contributed by atoms with Gasteiger partial charge in [0.25, 0.3) is 5.91 Å². The van der Waals surface area contributed by atoms with Gasteiger partial charge in [0.1, 0.15) is 17.6 Å². The van der Waals surface area contributed by atoms with E-state index in [9.17, 15) is 22.8 Å². The van der Waals surface area contributed by atoms with E-state index in [1.165, 1.54) is 11.3 Å². The summed E-state index contributed by atoms with van der Waals surface area (Å²) < 4.78 is 34.0. The Hall–Kier alpha value is -3.29. The van der Waals surface area contributed by atoms with Crippen molar-refractivity contribution in [1.29, 1.82) is 0 Å². The standard InChI is InChI=1S/C34H45N5O6S2/c1-33(2,3)45-24-18-27-29(40)37-34(31(42)38-47(43,44)25-16-17-25)19-23(34)14-10-5-4-6-11-15-26(30(41)39(27)21-24)36-32-35-20-28(46-32)22-12-8-7-9-13-22/h7-10,12-14,20,23-27H,4-6,11,15-19,21H2,1-3H3,(H,35,36)(H,37,40)(H,38,42)/b14-10-/t23-,24+,26-,27-,34+/m0/s1. The van der Waals surface area contributed by atoms with Gasteiger partial charge in [0.2, 0.25) is 21.8 Å². The summed E-state index contributed by atoms with van der Waals surface area (Å²) in [5.41, 5.74) is -0.849. The lowest BCUT2D eigenvalue weighted by Crippen LogP contribution is -2.57. The summed E-state index contributed by atoms with van der Waals surface area (Å²) in [6.07, 6.45) is 10.9. The molecule has 1 aromatic carbocycles. The Bertz CT molecular complexity index is 1620. The number of fused-ring (bicyclic) bond motifs is 2. The van der Waals surface area contributed by atoms with E-state index in [0.717, 1.165) is 36.1 Å². The molecule has 0 unspecified atom stereocenters. The van der Waals surface area contributed by atoms with E-state index in [1.54, 1.807) is 11.1 Å². The van der Waals surface area contributed by atoms with Gasteiger partial charge in [-0.2, -0.15) is 0 Å². The Kier molecular flexibility index (Phi) is 9.52. The van der Waals surface area contributed by atoms with Crippen LogP contribution in [0.3, 0.4) is 0 Å². The zero-order valence-electron chi connectivity index (χ0n) is 27.2. The van der Waals surface area contributed by atoms with E-state index < -0.39 is 56.4 Å². The van der Waals surface area contributed by atoms with Gasteiger partial charge in [0.05, 0.1) is 21.8 Å². The van der Waals surface area contributed by atoms with Gasteiger partial charge < -0.3 is 20.3 Å². The Balaban J connectivity index is 1.27. The normalized spacial score (nSPS) is 29.5. The van der Waals surface area contributed by atoms with Gasteiger partial charge in [-0.05, 0) is 64.9 Å². The van der Waals surface area contributed by atoms with Crippen LogP contribution in [0.2, 0.25) is 0 Å². The molecule has 1 saturated heterocycles. The molecule has 4 aliphatic rings. The molecule has 5 atom stereocenters. The molecule has 47 heavy (non-hydrogen) atoms. The van der Waals surface area contributed by atoms with Gasteiger partial charge in [0, 0.05) is 25.1 Å². The van der Waals surface area contributed by atoms with Crippen LogP contribution < -0.4 is 15.4 Å². The van der Waals surface area contributed by atoms with Gasteiger partial charge in [-0.1, -0.05) is 66.7 Å². The molecule has 0 spiro atoms. The summed E-state index contributed by atoms with van der Waals surface area (Å²) in [5, 5.41) is 6.37. The van der Waals surface area contributed by atoms with Crippen LogP contribution in [0.25, 0.3) is 10.4 Å². The minimum absolute atomic E-state index is 0.220. The predicted molar refractivity (Wildman–Crippen MR) is 181 cm³/mol. The maximum atomic E-state index is 14.4. The largest absolute Gasteiger partial charge is 0.371 e. The van der Waals surface area contributed by atoms with Crippen LogP contribution in [0.5, 0.6) is 0 Å². The molecule has 1 aromatic heterocycles. The molecule has 254 valence electrons. The third-order valence-electron chi connectivity index (χ3n) is 9.22. The van der Waals surface area contributed by atoms with Gasteiger partial charge in [-0.15, -0.1) is 0 Å². The molecule has 0 radical (unpaired) electrons. The molecule has 6 rings (SSSR count). The van der Waals surface area contributed by atoms with E-state index in [2.05, 4.69) is 20.3 Å². The fourth-order valence-corrected chi connectivity index (χ4v) is 8.81. The number of sulfonamides is 1. The number of aromatic nitrogens is 1. The minimum atomic E-state index is -3.81. The smallest absolute Gasteiger partial charge is 0.259 e. The van der Waals surface area contributed by atoms with Crippen LogP contribution >= 0.6 is 11.3 Å². The third kappa shape index (κ3) is 7.89. The molecule has 2 aromatic rings. The number of carbonyl (C=O) groups is 3. The summed E-state index contributed by atoms with van der Waals surface area (Å²) >= 11 is 1.47. The van der Waals surface area contributed by atoms with Gasteiger partial charge in [0.15, 0.2) is 5.13 Å². The summed E-state index contributed by atoms with van der Waals surface area (Å²) in [7, 11) is -3.81. The second-order valence-electron chi connectivity index (χ2n) is 14.2. The zero-order chi connectivity index (χ0) is 33.4. The van der Waals surface area contributed by atoms with Crippen molar-refractivity contribution in [3.05, 3.63) is 48.7 Å². The fourth-order valence-electron chi connectivity index (χ4n) is 6.57. The first kappa shape index (κ1) is 33.6. The van der Waals surface area contributed by atoms with E-state index >= 15 is 0 Å². The number of amides is 3. The van der Waals surface area contributed by atoms with E-state index in [0.29, 0.717) is 30.8 Å². The average molecular weight is 684 g/mol. The van der Waals surface area contributed by atoms with Crippen LogP contribution in [-0.2, 0) is 29.1 Å². The molecular weight excluding hydrogens is 639 g/mol. The molecule has 2 aliphatic carbocycles. The highest BCUT2D eigenvalue weighted by Gasteiger charge is 2.62. The predicted octanol–water partition coefficient (Wildman–Crippen LogP) is 4.38. The molecule has 3 amide bonds. The number of anilines is 1. The summed E-state index contributed by atoms with van der Waals surface area (Å²) in [6.45, 7) is 6.02. The number of rotatable bonds is 7. The number of carbonyl (C=O) groups excluding carboxylic acids is 3.